The molecule has 0 amide bonds. The summed E-state index contributed by atoms with van der Waals surface area (Å²) in [7, 11) is 0. The summed E-state index contributed by atoms with van der Waals surface area (Å²) in [4.78, 5) is 4.44. The molecule has 1 aliphatic heterocycles. The van der Waals surface area contributed by atoms with E-state index < -0.39 is 28.7 Å². The molecule has 1 heterocycles. The smallest absolute Gasteiger partial charge is 0.129 e. The van der Waals surface area contributed by atoms with Gasteiger partial charge in [0.2, 0.25) is 0 Å². The number of benzene rings is 1. The van der Waals surface area contributed by atoms with Crippen molar-refractivity contribution >= 4 is 6.21 Å². The van der Waals surface area contributed by atoms with Crippen molar-refractivity contribution in [3.05, 3.63) is 47.5 Å². The summed E-state index contributed by atoms with van der Waals surface area (Å²) in [5.41, 5.74) is -1.61. The standard InChI is InChI=1S/C16H19F2NO/c1-4-16(8-5-9-19-16)14(15(2,3)20)12-7-6-11(17)10-13(12)18/h5-10,14,20H,4H2,1-3H3. The van der Waals surface area contributed by atoms with Crippen molar-refractivity contribution in [1.82, 2.24) is 0 Å². The molecule has 1 aromatic rings. The number of hydrogen-bond acceptors (Lipinski definition) is 2. The number of hydrogen-bond donors (Lipinski definition) is 1. The molecule has 1 aromatic carbocycles. The maximum Gasteiger partial charge on any atom is 0.129 e. The zero-order chi connectivity index (χ0) is 15.0. The number of rotatable bonds is 4. The van der Waals surface area contributed by atoms with Crippen LogP contribution in [0.1, 0.15) is 38.7 Å². The van der Waals surface area contributed by atoms with Gasteiger partial charge in [-0.3, -0.25) is 4.99 Å². The number of allylic oxidation sites excluding steroid dienone is 1. The van der Waals surface area contributed by atoms with E-state index in [2.05, 4.69) is 4.99 Å². The molecule has 108 valence electrons. The molecule has 2 atom stereocenters. The third-order valence-electron chi connectivity index (χ3n) is 3.83. The van der Waals surface area contributed by atoms with Gasteiger partial charge < -0.3 is 5.11 Å². The van der Waals surface area contributed by atoms with Crippen molar-refractivity contribution in [1.29, 1.82) is 0 Å². The van der Waals surface area contributed by atoms with Gasteiger partial charge in [-0.25, -0.2) is 8.78 Å². The van der Waals surface area contributed by atoms with Gasteiger partial charge in [0.25, 0.3) is 0 Å². The van der Waals surface area contributed by atoms with Crippen molar-refractivity contribution in [2.45, 2.75) is 44.2 Å². The minimum absolute atomic E-state index is 0.282. The Morgan fingerprint density at radius 2 is 2.05 bits per heavy atom. The van der Waals surface area contributed by atoms with E-state index in [9.17, 15) is 13.9 Å². The minimum Gasteiger partial charge on any atom is -0.390 e. The summed E-state index contributed by atoms with van der Waals surface area (Å²) < 4.78 is 27.3. The fourth-order valence-corrected chi connectivity index (χ4v) is 3.02. The first kappa shape index (κ1) is 14.9. The molecule has 0 bridgehead atoms. The van der Waals surface area contributed by atoms with Crippen LogP contribution in [0.25, 0.3) is 0 Å². The molecule has 0 saturated carbocycles. The molecule has 0 fully saturated rings. The van der Waals surface area contributed by atoms with Gasteiger partial charge in [0.05, 0.1) is 11.1 Å². The average Bonchev–Trinajstić information content (AvgIpc) is 2.80. The second-order valence-corrected chi connectivity index (χ2v) is 5.73. The van der Waals surface area contributed by atoms with Gasteiger partial charge in [-0.05, 0) is 38.0 Å². The van der Waals surface area contributed by atoms with E-state index in [0.717, 1.165) is 6.07 Å². The monoisotopic (exact) mass is 279 g/mol. The van der Waals surface area contributed by atoms with E-state index in [1.54, 1.807) is 26.1 Å². The third kappa shape index (κ3) is 2.52. The molecule has 2 unspecified atom stereocenters. The molecular formula is C16H19F2NO. The van der Waals surface area contributed by atoms with Gasteiger partial charge in [0.15, 0.2) is 0 Å². The summed E-state index contributed by atoms with van der Waals surface area (Å²) in [5.74, 6) is -1.87. The Bertz CT molecular complexity index is 546. The summed E-state index contributed by atoms with van der Waals surface area (Å²) in [6, 6.07) is 3.45. The Labute approximate surface area is 117 Å². The maximum atomic E-state index is 14.2. The highest BCUT2D eigenvalue weighted by atomic mass is 19.1. The van der Waals surface area contributed by atoms with Crippen LogP contribution in [0.5, 0.6) is 0 Å². The van der Waals surface area contributed by atoms with E-state index in [1.807, 2.05) is 13.0 Å². The predicted octanol–water partition coefficient (Wildman–Crippen LogP) is 3.61. The lowest BCUT2D eigenvalue weighted by Gasteiger charge is -2.41. The third-order valence-corrected chi connectivity index (χ3v) is 3.83. The SMILES string of the molecule is CCC1(C(c2ccc(F)cc2F)C(C)(C)O)C=CC=N1. The fraction of sp³-hybridized carbons (Fsp3) is 0.438. The molecule has 2 nitrogen and oxygen atoms in total. The Balaban J connectivity index is 2.60. The maximum absolute atomic E-state index is 14.2. The van der Waals surface area contributed by atoms with E-state index >= 15 is 0 Å². The van der Waals surface area contributed by atoms with E-state index in [0.29, 0.717) is 6.42 Å². The quantitative estimate of drug-likeness (QED) is 0.897. The minimum atomic E-state index is -1.19. The largest absolute Gasteiger partial charge is 0.390 e. The van der Waals surface area contributed by atoms with Crippen LogP contribution in [0, 0.1) is 11.6 Å². The number of aliphatic imine (C=N–C) groups is 1. The van der Waals surface area contributed by atoms with Crippen LogP contribution in [0.3, 0.4) is 0 Å². The number of aliphatic hydroxyl groups is 1. The van der Waals surface area contributed by atoms with Gasteiger partial charge in [-0.15, -0.1) is 0 Å². The Kier molecular flexibility index (Phi) is 3.78. The Hall–Kier alpha value is -1.55. The average molecular weight is 279 g/mol. The second kappa shape index (κ2) is 5.09. The molecule has 20 heavy (non-hydrogen) atoms. The normalized spacial score (nSPS) is 23.3. The molecule has 2 rings (SSSR count). The lowest BCUT2D eigenvalue weighted by Crippen LogP contribution is -2.44. The number of halogens is 2. The summed E-state index contributed by atoms with van der Waals surface area (Å²) >= 11 is 0. The summed E-state index contributed by atoms with van der Waals surface area (Å²) in [6.45, 7) is 5.19. The number of nitrogens with zero attached hydrogens (tertiary/aromatic N) is 1. The van der Waals surface area contributed by atoms with Gasteiger partial charge in [0, 0.05) is 18.2 Å². The summed E-state index contributed by atoms with van der Waals surface area (Å²) in [6.07, 6.45) is 5.94. The molecule has 1 N–H and O–H groups in total. The molecule has 0 aliphatic carbocycles. The van der Waals surface area contributed by atoms with Crippen molar-refractivity contribution in [2.24, 2.45) is 4.99 Å². The molecule has 1 aliphatic rings. The molecule has 4 heteroatoms. The van der Waals surface area contributed by atoms with Crippen molar-refractivity contribution < 1.29 is 13.9 Å². The molecule has 0 aromatic heterocycles. The van der Waals surface area contributed by atoms with Gasteiger partial charge >= 0.3 is 0 Å². The molecule has 0 radical (unpaired) electrons. The second-order valence-electron chi connectivity index (χ2n) is 5.73. The van der Waals surface area contributed by atoms with Crippen LogP contribution in [0.2, 0.25) is 0 Å². The van der Waals surface area contributed by atoms with Gasteiger partial charge in [-0.2, -0.15) is 0 Å². The zero-order valence-electron chi connectivity index (χ0n) is 11.9. The highest BCUT2D eigenvalue weighted by Gasteiger charge is 2.46. The van der Waals surface area contributed by atoms with Crippen LogP contribution in [-0.2, 0) is 0 Å². The summed E-state index contributed by atoms with van der Waals surface area (Å²) in [5, 5.41) is 10.5. The lowest BCUT2D eigenvalue weighted by molar-refractivity contribution is 0.0269. The fourth-order valence-electron chi connectivity index (χ4n) is 3.02. The van der Waals surface area contributed by atoms with Crippen LogP contribution in [0.15, 0.2) is 35.3 Å². The lowest BCUT2D eigenvalue weighted by atomic mass is 9.69. The van der Waals surface area contributed by atoms with Crippen LogP contribution in [0.4, 0.5) is 8.78 Å². The van der Waals surface area contributed by atoms with Crippen LogP contribution >= 0.6 is 0 Å². The highest BCUT2D eigenvalue weighted by Crippen LogP contribution is 2.45. The van der Waals surface area contributed by atoms with Crippen molar-refractivity contribution in [3.63, 3.8) is 0 Å². The Morgan fingerprint density at radius 3 is 2.50 bits per heavy atom. The molecular weight excluding hydrogens is 260 g/mol. The topological polar surface area (TPSA) is 32.6 Å². The Morgan fingerprint density at radius 1 is 1.35 bits per heavy atom. The van der Waals surface area contributed by atoms with E-state index in [-0.39, 0.29) is 5.56 Å². The molecule has 0 spiro atoms. The highest BCUT2D eigenvalue weighted by molar-refractivity contribution is 5.75. The predicted molar refractivity (Wildman–Crippen MR) is 76.1 cm³/mol. The van der Waals surface area contributed by atoms with Gasteiger partial charge in [-0.1, -0.05) is 19.1 Å². The van der Waals surface area contributed by atoms with E-state index in [1.165, 1.54) is 12.1 Å². The molecule has 0 saturated heterocycles. The van der Waals surface area contributed by atoms with E-state index in [4.69, 9.17) is 0 Å². The van der Waals surface area contributed by atoms with Crippen LogP contribution in [-0.4, -0.2) is 22.5 Å². The van der Waals surface area contributed by atoms with Crippen LogP contribution < -0.4 is 0 Å². The van der Waals surface area contributed by atoms with Crippen molar-refractivity contribution in [3.8, 4) is 0 Å². The van der Waals surface area contributed by atoms with Gasteiger partial charge in [0.1, 0.15) is 11.6 Å². The first-order chi connectivity index (χ1) is 9.30. The van der Waals surface area contributed by atoms with Crippen molar-refractivity contribution in [2.75, 3.05) is 0 Å². The first-order valence-electron chi connectivity index (χ1n) is 6.70. The zero-order valence-corrected chi connectivity index (χ0v) is 11.9. The first-order valence-corrected chi connectivity index (χ1v) is 6.70.